The van der Waals surface area contributed by atoms with Crippen LogP contribution in [0.25, 0.3) is 16.2 Å². The minimum absolute atomic E-state index is 0. The molecule has 5 rings (SSSR count). The first kappa shape index (κ1) is 28.0. The first-order valence-electron chi connectivity index (χ1n) is 12.7. The van der Waals surface area contributed by atoms with Crippen LogP contribution in [0.4, 0.5) is 10.6 Å². The lowest BCUT2D eigenvalue weighted by atomic mass is 10.1. The van der Waals surface area contributed by atoms with Gasteiger partial charge in [0.05, 0.1) is 13.1 Å². The Bertz CT molecular complexity index is 1330. The number of benzene rings is 1. The minimum Gasteiger partial charge on any atom is -0.337 e. The summed E-state index contributed by atoms with van der Waals surface area (Å²) < 4.78 is 1.25. The lowest BCUT2D eigenvalue weighted by molar-refractivity contribution is -0.125. The molecule has 2 aliphatic rings. The second-order valence-electron chi connectivity index (χ2n) is 9.95. The standard InChI is InChI=1S/C28H34N6O2S.ClH/c1-20-23-6-4-5-7-24(23)37-25(20)19-32(3)26(35)9-8-21-16-22-18-34(28(36)30-27(22)29-17-21)15-14-33-12-10-31(2)11-13-33;/h4-9,16-17H,10-15,18-19H2,1-3H3,(H,29,30,36);1H/b9-8+;. The molecule has 0 saturated carbocycles. The number of nitrogens with one attached hydrogen (secondary N) is 1. The number of pyridine rings is 1. The number of aryl methyl sites for hydroxylation is 1. The van der Waals surface area contributed by atoms with E-state index in [1.165, 1.54) is 20.5 Å². The van der Waals surface area contributed by atoms with Gasteiger partial charge in [0.1, 0.15) is 5.82 Å². The molecule has 0 bridgehead atoms. The van der Waals surface area contributed by atoms with Crippen molar-refractivity contribution in [3.05, 3.63) is 64.2 Å². The number of fused-ring (bicyclic) bond motifs is 2. The molecule has 202 valence electrons. The molecule has 1 aromatic carbocycles. The Hall–Kier alpha value is -2.98. The number of carbonyl (C=O) groups is 2. The summed E-state index contributed by atoms with van der Waals surface area (Å²) in [5.74, 6) is 0.540. The number of thiophene rings is 1. The van der Waals surface area contributed by atoms with Crippen molar-refractivity contribution in [3.63, 3.8) is 0 Å². The van der Waals surface area contributed by atoms with Gasteiger partial charge in [-0.05, 0) is 48.7 Å². The van der Waals surface area contributed by atoms with Crippen molar-refractivity contribution >= 4 is 57.7 Å². The van der Waals surface area contributed by atoms with Crippen LogP contribution in [0.1, 0.15) is 21.6 Å². The maximum atomic E-state index is 12.8. The fourth-order valence-electron chi connectivity index (χ4n) is 4.79. The quantitative estimate of drug-likeness (QED) is 0.441. The molecule has 8 nitrogen and oxygen atoms in total. The van der Waals surface area contributed by atoms with Crippen molar-refractivity contribution in [2.45, 2.75) is 20.0 Å². The number of rotatable bonds is 7. The van der Waals surface area contributed by atoms with E-state index >= 15 is 0 Å². The second kappa shape index (κ2) is 12.3. The summed E-state index contributed by atoms with van der Waals surface area (Å²) in [6, 6.07) is 10.2. The van der Waals surface area contributed by atoms with E-state index in [0.29, 0.717) is 25.5 Å². The number of piperazine rings is 1. The molecule has 2 aromatic heterocycles. The summed E-state index contributed by atoms with van der Waals surface area (Å²) in [4.78, 5) is 39.4. The molecule has 1 saturated heterocycles. The average molecular weight is 555 g/mol. The number of urea groups is 1. The van der Waals surface area contributed by atoms with Crippen LogP contribution in [0.3, 0.4) is 0 Å². The average Bonchev–Trinajstić information content (AvgIpc) is 3.21. The number of aromatic nitrogens is 1. The van der Waals surface area contributed by atoms with E-state index in [9.17, 15) is 9.59 Å². The fourth-order valence-corrected chi connectivity index (χ4v) is 6.05. The van der Waals surface area contributed by atoms with Gasteiger partial charge in [0.25, 0.3) is 0 Å². The number of carbonyl (C=O) groups excluding carboxylic acids is 2. The van der Waals surface area contributed by atoms with Crippen LogP contribution in [0, 0.1) is 6.92 Å². The number of nitrogens with zero attached hydrogens (tertiary/aromatic N) is 5. The van der Waals surface area contributed by atoms with E-state index in [1.54, 1.807) is 34.6 Å². The largest absolute Gasteiger partial charge is 0.337 e. The van der Waals surface area contributed by atoms with E-state index in [1.807, 2.05) is 30.1 Å². The maximum Gasteiger partial charge on any atom is 0.323 e. The molecule has 0 radical (unpaired) electrons. The molecule has 1 fully saturated rings. The zero-order chi connectivity index (χ0) is 25.9. The molecule has 0 atom stereocenters. The molecule has 1 N–H and O–H groups in total. The van der Waals surface area contributed by atoms with Crippen molar-refractivity contribution < 1.29 is 9.59 Å². The summed E-state index contributed by atoms with van der Waals surface area (Å²) in [6.45, 7) is 8.94. The molecular formula is C28H35ClN6O2S. The van der Waals surface area contributed by atoms with Crippen molar-refractivity contribution in [2.75, 3.05) is 58.7 Å². The van der Waals surface area contributed by atoms with Gasteiger partial charge in [-0.1, -0.05) is 18.2 Å². The Morgan fingerprint density at radius 1 is 1.18 bits per heavy atom. The molecule has 0 unspecified atom stereocenters. The SMILES string of the molecule is Cc1c(CN(C)C(=O)/C=C/c2cnc3c(c2)CN(CCN2CCN(C)CC2)C(=O)N3)sc2ccccc12.Cl. The van der Waals surface area contributed by atoms with Gasteiger partial charge >= 0.3 is 6.03 Å². The third-order valence-electron chi connectivity index (χ3n) is 7.26. The zero-order valence-electron chi connectivity index (χ0n) is 22.1. The second-order valence-corrected chi connectivity index (χ2v) is 11.1. The Morgan fingerprint density at radius 2 is 1.95 bits per heavy atom. The number of anilines is 1. The van der Waals surface area contributed by atoms with Crippen molar-refractivity contribution in [3.8, 4) is 0 Å². The molecule has 0 aliphatic carbocycles. The third kappa shape index (κ3) is 6.35. The van der Waals surface area contributed by atoms with Gasteiger partial charge < -0.3 is 14.7 Å². The number of amides is 3. The van der Waals surface area contributed by atoms with E-state index < -0.39 is 0 Å². The van der Waals surface area contributed by atoms with Crippen molar-refractivity contribution in [2.24, 2.45) is 0 Å². The third-order valence-corrected chi connectivity index (χ3v) is 8.52. The summed E-state index contributed by atoms with van der Waals surface area (Å²) in [7, 11) is 3.97. The van der Waals surface area contributed by atoms with E-state index in [-0.39, 0.29) is 24.3 Å². The fraction of sp³-hybridized carbons (Fsp3) is 0.393. The van der Waals surface area contributed by atoms with Gasteiger partial charge in [0.2, 0.25) is 5.91 Å². The number of halogens is 1. The first-order chi connectivity index (χ1) is 17.9. The van der Waals surface area contributed by atoms with E-state index in [0.717, 1.165) is 43.9 Å². The number of hydrogen-bond donors (Lipinski definition) is 1. The smallest absolute Gasteiger partial charge is 0.323 e. The Balaban J connectivity index is 0.00000336. The highest BCUT2D eigenvalue weighted by molar-refractivity contribution is 7.19. The molecule has 10 heteroatoms. The van der Waals surface area contributed by atoms with Gasteiger partial charge in [-0.2, -0.15) is 0 Å². The zero-order valence-corrected chi connectivity index (χ0v) is 23.8. The molecule has 38 heavy (non-hydrogen) atoms. The van der Waals surface area contributed by atoms with Gasteiger partial charge in [-0.3, -0.25) is 15.0 Å². The normalized spacial score (nSPS) is 16.4. The van der Waals surface area contributed by atoms with Crippen LogP contribution in [-0.2, 0) is 17.9 Å². The molecule has 2 aliphatic heterocycles. The van der Waals surface area contributed by atoms with Crippen molar-refractivity contribution in [1.29, 1.82) is 0 Å². The molecule has 4 heterocycles. The lowest BCUT2D eigenvalue weighted by Gasteiger charge is -2.35. The minimum atomic E-state index is -0.106. The Morgan fingerprint density at radius 3 is 2.71 bits per heavy atom. The summed E-state index contributed by atoms with van der Waals surface area (Å²) >= 11 is 1.74. The highest BCUT2D eigenvalue weighted by Gasteiger charge is 2.24. The van der Waals surface area contributed by atoms with Crippen LogP contribution in [-0.4, -0.2) is 89.9 Å². The maximum absolute atomic E-state index is 12.8. The van der Waals surface area contributed by atoms with Gasteiger partial charge in [-0.15, -0.1) is 23.7 Å². The topological polar surface area (TPSA) is 72.0 Å². The van der Waals surface area contributed by atoms with Crippen molar-refractivity contribution in [1.82, 2.24) is 24.6 Å². The van der Waals surface area contributed by atoms with Crippen LogP contribution in [0.5, 0.6) is 0 Å². The predicted octanol–water partition coefficient (Wildman–Crippen LogP) is 4.29. The molecular weight excluding hydrogens is 520 g/mol. The molecule has 3 amide bonds. The van der Waals surface area contributed by atoms with Gasteiger partial charge in [0.15, 0.2) is 0 Å². The highest BCUT2D eigenvalue weighted by Crippen LogP contribution is 2.31. The first-order valence-corrected chi connectivity index (χ1v) is 13.5. The number of hydrogen-bond acceptors (Lipinski definition) is 6. The van der Waals surface area contributed by atoms with Crippen LogP contribution in [0.15, 0.2) is 42.6 Å². The Kier molecular flexibility index (Phi) is 9.04. The van der Waals surface area contributed by atoms with Gasteiger partial charge in [0, 0.05) is 73.7 Å². The van der Waals surface area contributed by atoms with Crippen LogP contribution >= 0.6 is 23.7 Å². The van der Waals surface area contributed by atoms with Crippen LogP contribution < -0.4 is 5.32 Å². The summed E-state index contributed by atoms with van der Waals surface area (Å²) in [5, 5.41) is 4.16. The monoisotopic (exact) mass is 554 g/mol. The number of likely N-dealkylation sites (N-methyl/N-ethyl adjacent to an activating group) is 2. The Labute approximate surface area is 234 Å². The van der Waals surface area contributed by atoms with E-state index in [4.69, 9.17) is 0 Å². The van der Waals surface area contributed by atoms with Crippen LogP contribution in [0.2, 0.25) is 0 Å². The molecule has 3 aromatic rings. The van der Waals surface area contributed by atoms with E-state index in [2.05, 4.69) is 46.2 Å². The summed E-state index contributed by atoms with van der Waals surface area (Å²) in [6.07, 6.45) is 5.09. The molecule has 0 spiro atoms. The highest BCUT2D eigenvalue weighted by atomic mass is 35.5. The lowest BCUT2D eigenvalue weighted by Crippen LogP contribution is -2.48. The summed E-state index contributed by atoms with van der Waals surface area (Å²) in [5.41, 5.74) is 3.04. The predicted molar refractivity (Wildman–Crippen MR) is 157 cm³/mol. The van der Waals surface area contributed by atoms with Gasteiger partial charge in [-0.25, -0.2) is 9.78 Å².